The monoisotopic (exact) mass is 468 g/mol. The zero-order chi connectivity index (χ0) is 23.3. The van der Waals surface area contributed by atoms with Gasteiger partial charge in [0.05, 0.1) is 27.9 Å². The van der Waals surface area contributed by atoms with Crippen LogP contribution < -0.4 is 0 Å². The minimum Gasteiger partial charge on any atom is -0.481 e. The molecule has 0 amide bonds. The van der Waals surface area contributed by atoms with Crippen molar-refractivity contribution in [1.82, 2.24) is 9.78 Å². The lowest BCUT2D eigenvalue weighted by Crippen LogP contribution is -2.32. The smallest absolute Gasteiger partial charge is 0.306 e. The average Bonchev–Trinajstić information content (AvgIpc) is 3.59. The molecule has 0 radical (unpaired) electrons. The van der Waals surface area contributed by atoms with Gasteiger partial charge >= 0.3 is 5.97 Å². The average molecular weight is 469 g/mol. The standard InChI is InChI=1S/C26H29ClN2O4/c1-26(14-30)12-11-19-21(13-26)29(28-23(19)16-7-9-17(10-8-16)25(32)33)24(31)22-18(15-5-6-15)3-2-4-20(22)27/h2-4,7,15,17,30H,5-6,8-14H2,1H3,(H,32,33)/t17?,26-/m1/s1. The highest BCUT2D eigenvalue weighted by molar-refractivity contribution is 6.34. The maximum Gasteiger partial charge on any atom is 0.306 e. The van der Waals surface area contributed by atoms with Gasteiger partial charge in [-0.3, -0.25) is 9.59 Å². The van der Waals surface area contributed by atoms with E-state index < -0.39 is 5.97 Å². The fourth-order valence-electron chi connectivity index (χ4n) is 5.29. The lowest BCUT2D eigenvalue weighted by atomic mass is 9.74. The molecule has 33 heavy (non-hydrogen) atoms. The highest BCUT2D eigenvalue weighted by atomic mass is 35.5. The van der Waals surface area contributed by atoms with Crippen molar-refractivity contribution in [1.29, 1.82) is 0 Å². The molecule has 174 valence electrons. The molecule has 0 bridgehead atoms. The van der Waals surface area contributed by atoms with Gasteiger partial charge in [0.25, 0.3) is 5.91 Å². The van der Waals surface area contributed by atoms with Crippen LogP contribution in [0.25, 0.3) is 5.57 Å². The second-order valence-corrected chi connectivity index (χ2v) is 10.6. The minimum atomic E-state index is -0.766. The van der Waals surface area contributed by atoms with Crippen molar-refractivity contribution in [3.63, 3.8) is 0 Å². The maximum absolute atomic E-state index is 13.9. The SMILES string of the molecule is C[C@@]1(CO)CCc2c(C3=CCC(C(=O)O)CC3)nn(C(=O)c3c(Cl)cccc3C3CC3)c2C1. The first kappa shape index (κ1) is 22.4. The quantitative estimate of drug-likeness (QED) is 0.653. The Labute approximate surface area is 198 Å². The molecule has 5 rings (SSSR count). The third kappa shape index (κ3) is 4.04. The Morgan fingerprint density at radius 3 is 2.67 bits per heavy atom. The predicted octanol–water partition coefficient (Wildman–Crippen LogP) is 4.86. The van der Waals surface area contributed by atoms with Crippen molar-refractivity contribution >= 4 is 29.1 Å². The predicted molar refractivity (Wildman–Crippen MR) is 126 cm³/mol. The number of hydrogen-bond donors (Lipinski definition) is 2. The summed E-state index contributed by atoms with van der Waals surface area (Å²) in [5.74, 6) is -0.981. The van der Waals surface area contributed by atoms with Crippen LogP contribution in [0.5, 0.6) is 0 Å². The van der Waals surface area contributed by atoms with Gasteiger partial charge in [-0.1, -0.05) is 36.7 Å². The summed E-state index contributed by atoms with van der Waals surface area (Å²) in [6.07, 6.45) is 7.88. The molecule has 7 heteroatoms. The molecule has 3 aliphatic rings. The van der Waals surface area contributed by atoms with Gasteiger partial charge in [0.15, 0.2) is 0 Å². The number of nitrogens with zero attached hydrogens (tertiary/aromatic N) is 2. The van der Waals surface area contributed by atoms with Crippen LogP contribution in [0.4, 0.5) is 0 Å². The van der Waals surface area contributed by atoms with Crippen LogP contribution in [0.1, 0.15) is 84.2 Å². The summed E-state index contributed by atoms with van der Waals surface area (Å²) in [5.41, 5.74) is 4.93. The van der Waals surface area contributed by atoms with E-state index in [1.807, 2.05) is 25.1 Å². The molecule has 1 aromatic heterocycles. The fraction of sp³-hybridized carbons (Fsp3) is 0.500. The van der Waals surface area contributed by atoms with E-state index in [1.165, 1.54) is 4.68 Å². The second kappa shape index (κ2) is 8.41. The second-order valence-electron chi connectivity index (χ2n) is 10.2. The van der Waals surface area contributed by atoms with Gasteiger partial charge in [-0.15, -0.1) is 0 Å². The molecule has 3 aliphatic carbocycles. The van der Waals surface area contributed by atoms with E-state index in [-0.39, 0.29) is 23.8 Å². The van der Waals surface area contributed by atoms with Crippen LogP contribution in [-0.4, -0.2) is 38.5 Å². The molecule has 2 aromatic rings. The summed E-state index contributed by atoms with van der Waals surface area (Å²) in [7, 11) is 0. The Bertz CT molecular complexity index is 1160. The molecule has 2 N–H and O–H groups in total. The Kier molecular flexibility index (Phi) is 5.69. The van der Waals surface area contributed by atoms with Gasteiger partial charge in [-0.2, -0.15) is 9.78 Å². The van der Waals surface area contributed by atoms with Crippen LogP contribution >= 0.6 is 11.6 Å². The maximum atomic E-state index is 13.9. The summed E-state index contributed by atoms with van der Waals surface area (Å²) in [6.45, 7) is 2.09. The lowest BCUT2D eigenvalue weighted by molar-refractivity contribution is -0.141. The minimum absolute atomic E-state index is 0.0452. The number of carboxylic acids is 1. The largest absolute Gasteiger partial charge is 0.481 e. The summed E-state index contributed by atoms with van der Waals surface area (Å²) in [4.78, 5) is 25.3. The summed E-state index contributed by atoms with van der Waals surface area (Å²) in [6, 6.07) is 5.64. The molecule has 1 saturated carbocycles. The molecule has 2 atom stereocenters. The molecule has 1 fully saturated rings. The van der Waals surface area contributed by atoms with E-state index in [0.717, 1.165) is 53.8 Å². The van der Waals surface area contributed by atoms with Crippen molar-refractivity contribution in [2.75, 3.05) is 6.61 Å². The first-order valence-corrected chi connectivity index (χ1v) is 12.2. The molecule has 1 heterocycles. The normalized spacial score (nSPS) is 24.8. The highest BCUT2D eigenvalue weighted by Crippen LogP contribution is 2.44. The summed E-state index contributed by atoms with van der Waals surface area (Å²) >= 11 is 6.54. The number of fused-ring (bicyclic) bond motifs is 1. The molecule has 0 aliphatic heterocycles. The zero-order valence-corrected chi connectivity index (χ0v) is 19.6. The molecular weight excluding hydrogens is 440 g/mol. The molecule has 1 aromatic carbocycles. The van der Waals surface area contributed by atoms with Gasteiger partial charge in [-0.05, 0) is 79.9 Å². The first-order chi connectivity index (χ1) is 15.8. The first-order valence-electron chi connectivity index (χ1n) is 11.8. The third-order valence-corrected chi connectivity index (χ3v) is 7.89. The lowest BCUT2D eigenvalue weighted by Gasteiger charge is -2.32. The summed E-state index contributed by atoms with van der Waals surface area (Å²) < 4.78 is 1.52. The number of aromatic nitrogens is 2. The zero-order valence-electron chi connectivity index (χ0n) is 18.8. The molecule has 1 unspecified atom stereocenters. The number of benzene rings is 1. The van der Waals surface area contributed by atoms with E-state index in [2.05, 4.69) is 0 Å². The van der Waals surface area contributed by atoms with Crippen LogP contribution in [0, 0.1) is 11.3 Å². The number of aliphatic hydroxyl groups is 1. The number of rotatable bonds is 5. The van der Waals surface area contributed by atoms with Gasteiger partial charge in [0.2, 0.25) is 0 Å². The third-order valence-electron chi connectivity index (χ3n) is 7.58. The highest BCUT2D eigenvalue weighted by Gasteiger charge is 2.38. The Hall–Kier alpha value is -2.44. The number of aliphatic carboxylic acids is 1. The number of carbonyl (C=O) groups is 2. The van der Waals surface area contributed by atoms with Crippen LogP contribution in [0.15, 0.2) is 24.3 Å². The number of hydrogen-bond acceptors (Lipinski definition) is 4. The van der Waals surface area contributed by atoms with Gasteiger partial charge < -0.3 is 10.2 Å². The molecule has 0 saturated heterocycles. The van der Waals surface area contributed by atoms with Crippen molar-refractivity contribution < 1.29 is 19.8 Å². The van der Waals surface area contributed by atoms with Crippen molar-refractivity contribution in [2.24, 2.45) is 11.3 Å². The van der Waals surface area contributed by atoms with Gasteiger partial charge in [0.1, 0.15) is 0 Å². The van der Waals surface area contributed by atoms with Gasteiger partial charge in [-0.25, -0.2) is 0 Å². The van der Waals surface area contributed by atoms with E-state index in [4.69, 9.17) is 16.7 Å². The van der Waals surface area contributed by atoms with E-state index >= 15 is 0 Å². The molecule has 6 nitrogen and oxygen atoms in total. The van der Waals surface area contributed by atoms with Crippen LogP contribution in [-0.2, 0) is 17.6 Å². The Morgan fingerprint density at radius 1 is 1.24 bits per heavy atom. The Balaban J connectivity index is 1.60. The van der Waals surface area contributed by atoms with E-state index in [0.29, 0.717) is 42.2 Å². The number of halogens is 1. The van der Waals surface area contributed by atoms with E-state index in [1.54, 1.807) is 6.07 Å². The molecular formula is C26H29ClN2O4. The van der Waals surface area contributed by atoms with Crippen molar-refractivity contribution in [2.45, 2.75) is 64.2 Å². The number of aliphatic hydroxyl groups excluding tert-OH is 1. The van der Waals surface area contributed by atoms with Crippen molar-refractivity contribution in [3.05, 3.63) is 57.4 Å². The van der Waals surface area contributed by atoms with E-state index in [9.17, 15) is 19.8 Å². The molecule has 0 spiro atoms. The van der Waals surface area contributed by atoms with Gasteiger partial charge in [0, 0.05) is 12.2 Å². The summed E-state index contributed by atoms with van der Waals surface area (Å²) in [5, 5.41) is 24.6. The number of carbonyl (C=O) groups excluding carboxylic acids is 1. The fourth-order valence-corrected chi connectivity index (χ4v) is 5.55. The number of allylic oxidation sites excluding steroid dienone is 2. The topological polar surface area (TPSA) is 92.4 Å². The van der Waals surface area contributed by atoms with Crippen LogP contribution in [0.3, 0.4) is 0 Å². The number of carboxylic acid groups (broad SMARTS) is 1. The van der Waals surface area contributed by atoms with Crippen LogP contribution in [0.2, 0.25) is 5.02 Å². The van der Waals surface area contributed by atoms with Crippen molar-refractivity contribution in [3.8, 4) is 0 Å². The Morgan fingerprint density at radius 2 is 2.03 bits per heavy atom.